The van der Waals surface area contributed by atoms with Crippen molar-refractivity contribution < 1.29 is 23.1 Å². The Hall–Kier alpha value is -3.62. The Labute approximate surface area is 165 Å². The Balaban J connectivity index is 1.43. The Kier molecular flexibility index (Phi) is 6.28. The van der Waals surface area contributed by atoms with E-state index < -0.39 is 29.5 Å². The van der Waals surface area contributed by atoms with Gasteiger partial charge in [-0.15, -0.1) is 0 Å². The molecule has 0 aliphatic rings. The second kappa shape index (κ2) is 9.05. The SMILES string of the molecule is C[C@H](Oc1ccccc1F)C(=O)NNC(=O)CCCn1c(=O)oc2ccccc21. The van der Waals surface area contributed by atoms with Crippen LogP contribution in [0, 0.1) is 5.82 Å². The number of aromatic nitrogens is 1. The number of nitrogens with one attached hydrogen (secondary N) is 2. The van der Waals surface area contributed by atoms with Crippen LogP contribution in [0.2, 0.25) is 0 Å². The standard InChI is InChI=1S/C20H20FN3O5/c1-13(28-16-9-4-2-7-14(16)21)19(26)23-22-18(25)11-6-12-24-15-8-3-5-10-17(15)29-20(24)27/h2-5,7-10,13H,6,11-12H2,1H3,(H,22,25)(H,23,26)/t13-/m0/s1. The predicted molar refractivity (Wildman–Crippen MR) is 102 cm³/mol. The van der Waals surface area contributed by atoms with Crippen molar-refractivity contribution in [3.63, 3.8) is 0 Å². The van der Waals surface area contributed by atoms with Crippen LogP contribution in [-0.4, -0.2) is 22.5 Å². The summed E-state index contributed by atoms with van der Waals surface area (Å²) in [5.41, 5.74) is 5.65. The number of carbonyl (C=O) groups excluding carboxylic acids is 2. The number of benzene rings is 2. The topological polar surface area (TPSA) is 103 Å². The zero-order chi connectivity index (χ0) is 20.8. The Bertz CT molecular complexity index is 1080. The monoisotopic (exact) mass is 401 g/mol. The summed E-state index contributed by atoms with van der Waals surface area (Å²) < 4.78 is 25.4. The summed E-state index contributed by atoms with van der Waals surface area (Å²) in [6.45, 7) is 1.73. The molecule has 1 heterocycles. The second-order valence-electron chi connectivity index (χ2n) is 6.32. The minimum Gasteiger partial charge on any atom is -0.478 e. The van der Waals surface area contributed by atoms with Gasteiger partial charge in [-0.3, -0.25) is 25.0 Å². The van der Waals surface area contributed by atoms with Gasteiger partial charge in [0, 0.05) is 13.0 Å². The van der Waals surface area contributed by atoms with Crippen LogP contribution in [0.1, 0.15) is 19.8 Å². The number of carbonyl (C=O) groups is 2. The number of para-hydroxylation sites is 3. The number of ether oxygens (including phenoxy) is 1. The molecule has 29 heavy (non-hydrogen) atoms. The number of nitrogens with zero attached hydrogens (tertiary/aromatic N) is 1. The fraction of sp³-hybridized carbons (Fsp3) is 0.250. The predicted octanol–water partition coefficient (Wildman–Crippen LogP) is 2.13. The molecular formula is C20H20FN3O5. The molecule has 3 aromatic rings. The summed E-state index contributed by atoms with van der Waals surface area (Å²) in [6, 6.07) is 12.7. The average molecular weight is 401 g/mol. The van der Waals surface area contributed by atoms with E-state index in [1.54, 1.807) is 30.3 Å². The molecule has 2 amide bonds. The molecule has 152 valence electrons. The summed E-state index contributed by atoms with van der Waals surface area (Å²) >= 11 is 0. The Morgan fingerprint density at radius 2 is 1.86 bits per heavy atom. The van der Waals surface area contributed by atoms with E-state index in [4.69, 9.17) is 9.15 Å². The number of oxazole rings is 1. The van der Waals surface area contributed by atoms with Crippen molar-refractivity contribution in [2.45, 2.75) is 32.4 Å². The van der Waals surface area contributed by atoms with Crippen molar-refractivity contribution >= 4 is 22.9 Å². The molecular weight excluding hydrogens is 381 g/mol. The first kappa shape index (κ1) is 20.1. The van der Waals surface area contributed by atoms with Crippen molar-refractivity contribution in [3.8, 4) is 5.75 Å². The summed E-state index contributed by atoms with van der Waals surface area (Å²) in [7, 11) is 0. The molecule has 3 rings (SSSR count). The van der Waals surface area contributed by atoms with Crippen LogP contribution < -0.4 is 21.3 Å². The number of fused-ring (bicyclic) bond motifs is 1. The maximum absolute atomic E-state index is 13.6. The van der Waals surface area contributed by atoms with Crippen molar-refractivity contribution in [2.75, 3.05) is 0 Å². The Morgan fingerprint density at radius 3 is 2.66 bits per heavy atom. The average Bonchev–Trinajstić information content (AvgIpc) is 3.03. The number of hydrazine groups is 1. The van der Waals surface area contributed by atoms with Crippen LogP contribution in [0.15, 0.2) is 57.7 Å². The lowest BCUT2D eigenvalue weighted by Crippen LogP contribution is -2.47. The maximum Gasteiger partial charge on any atom is 0.419 e. The van der Waals surface area contributed by atoms with Crippen LogP contribution in [0.3, 0.4) is 0 Å². The molecule has 2 N–H and O–H groups in total. The lowest BCUT2D eigenvalue weighted by atomic mass is 10.3. The van der Waals surface area contributed by atoms with Gasteiger partial charge in [-0.2, -0.15) is 0 Å². The third-order valence-electron chi connectivity index (χ3n) is 4.19. The van der Waals surface area contributed by atoms with Crippen molar-refractivity contribution in [2.24, 2.45) is 0 Å². The number of hydrogen-bond donors (Lipinski definition) is 2. The van der Waals surface area contributed by atoms with E-state index in [0.717, 1.165) is 0 Å². The van der Waals surface area contributed by atoms with E-state index in [1.165, 1.54) is 29.7 Å². The van der Waals surface area contributed by atoms with E-state index in [1.807, 2.05) is 0 Å². The highest BCUT2D eigenvalue weighted by molar-refractivity contribution is 5.84. The van der Waals surface area contributed by atoms with Crippen LogP contribution in [-0.2, 0) is 16.1 Å². The van der Waals surface area contributed by atoms with E-state index in [0.29, 0.717) is 24.1 Å². The zero-order valence-electron chi connectivity index (χ0n) is 15.7. The molecule has 0 spiro atoms. The van der Waals surface area contributed by atoms with Crippen LogP contribution in [0.25, 0.3) is 11.1 Å². The summed E-state index contributed by atoms with van der Waals surface area (Å²) in [5, 5.41) is 0. The van der Waals surface area contributed by atoms with Gasteiger partial charge >= 0.3 is 5.76 Å². The minimum absolute atomic E-state index is 0.0562. The minimum atomic E-state index is -1.01. The quantitative estimate of drug-likeness (QED) is 0.591. The lowest BCUT2D eigenvalue weighted by Gasteiger charge is -2.15. The van der Waals surface area contributed by atoms with Gasteiger partial charge in [-0.25, -0.2) is 9.18 Å². The number of aryl methyl sites for hydroxylation is 1. The van der Waals surface area contributed by atoms with Gasteiger partial charge in [-0.1, -0.05) is 24.3 Å². The van der Waals surface area contributed by atoms with E-state index in [-0.39, 0.29) is 12.2 Å². The molecule has 2 aromatic carbocycles. The maximum atomic E-state index is 13.6. The third-order valence-corrected chi connectivity index (χ3v) is 4.19. The van der Waals surface area contributed by atoms with Gasteiger partial charge in [0.05, 0.1) is 5.52 Å². The summed E-state index contributed by atoms with van der Waals surface area (Å²) in [5.74, 6) is -2.19. The highest BCUT2D eigenvalue weighted by Gasteiger charge is 2.17. The van der Waals surface area contributed by atoms with Crippen molar-refractivity contribution in [1.29, 1.82) is 0 Å². The molecule has 0 saturated carbocycles. The largest absolute Gasteiger partial charge is 0.478 e. The molecule has 0 bridgehead atoms. The molecule has 9 heteroatoms. The normalized spacial score (nSPS) is 11.8. The van der Waals surface area contributed by atoms with Gasteiger partial charge in [0.25, 0.3) is 5.91 Å². The molecule has 0 radical (unpaired) electrons. The van der Waals surface area contributed by atoms with Crippen molar-refractivity contribution in [3.05, 3.63) is 64.9 Å². The lowest BCUT2D eigenvalue weighted by molar-refractivity contribution is -0.132. The first-order valence-corrected chi connectivity index (χ1v) is 9.04. The number of halogens is 1. The van der Waals surface area contributed by atoms with Crippen LogP contribution in [0.4, 0.5) is 4.39 Å². The molecule has 0 fully saturated rings. The molecule has 0 aliphatic heterocycles. The van der Waals surface area contributed by atoms with Gasteiger partial charge in [-0.05, 0) is 37.6 Å². The van der Waals surface area contributed by atoms with Gasteiger partial charge < -0.3 is 9.15 Å². The molecule has 8 nitrogen and oxygen atoms in total. The molecule has 1 aromatic heterocycles. The highest BCUT2D eigenvalue weighted by Crippen LogP contribution is 2.17. The number of amides is 2. The van der Waals surface area contributed by atoms with Crippen LogP contribution in [0.5, 0.6) is 5.75 Å². The fourth-order valence-corrected chi connectivity index (χ4v) is 2.70. The summed E-state index contributed by atoms with van der Waals surface area (Å²) in [4.78, 5) is 35.8. The van der Waals surface area contributed by atoms with E-state index in [2.05, 4.69) is 10.9 Å². The van der Waals surface area contributed by atoms with Gasteiger partial charge in [0.15, 0.2) is 23.3 Å². The van der Waals surface area contributed by atoms with Gasteiger partial charge in [0.1, 0.15) is 0 Å². The van der Waals surface area contributed by atoms with Gasteiger partial charge in [0.2, 0.25) is 5.91 Å². The number of hydrogen-bond acceptors (Lipinski definition) is 5. The molecule has 0 saturated heterocycles. The first-order chi connectivity index (χ1) is 14.0. The van der Waals surface area contributed by atoms with E-state index >= 15 is 0 Å². The number of rotatable bonds is 7. The van der Waals surface area contributed by atoms with Crippen LogP contribution >= 0.6 is 0 Å². The molecule has 0 unspecified atom stereocenters. The summed E-state index contributed by atoms with van der Waals surface area (Å²) in [6.07, 6.45) is -0.565. The Morgan fingerprint density at radius 1 is 1.14 bits per heavy atom. The first-order valence-electron chi connectivity index (χ1n) is 9.04. The smallest absolute Gasteiger partial charge is 0.419 e. The van der Waals surface area contributed by atoms with Crippen molar-refractivity contribution in [1.82, 2.24) is 15.4 Å². The second-order valence-corrected chi connectivity index (χ2v) is 6.32. The molecule has 0 aliphatic carbocycles. The zero-order valence-corrected chi connectivity index (χ0v) is 15.7. The third kappa shape index (κ3) is 5.01. The molecule has 1 atom stereocenters. The van der Waals surface area contributed by atoms with E-state index in [9.17, 15) is 18.8 Å². The highest BCUT2D eigenvalue weighted by atomic mass is 19.1. The fourth-order valence-electron chi connectivity index (χ4n) is 2.70.